The van der Waals surface area contributed by atoms with Crippen molar-refractivity contribution < 1.29 is 9.53 Å². The fourth-order valence-electron chi connectivity index (χ4n) is 4.91. The highest BCUT2D eigenvalue weighted by Crippen LogP contribution is 2.49. The first-order chi connectivity index (χ1) is 16.8. The van der Waals surface area contributed by atoms with Gasteiger partial charge in [0.05, 0.1) is 11.7 Å². The van der Waals surface area contributed by atoms with Crippen LogP contribution < -0.4 is 20.5 Å². The molecular weight excluding hydrogens is 466 g/mol. The third-order valence-electron chi connectivity index (χ3n) is 7.05. The van der Waals surface area contributed by atoms with Crippen LogP contribution in [0.4, 0.5) is 17.5 Å². The molecule has 8 nitrogen and oxygen atoms in total. The Kier molecular flexibility index (Phi) is 6.17. The van der Waals surface area contributed by atoms with E-state index in [1.54, 1.807) is 23.8 Å². The number of nitrogens with zero attached hydrogens (tertiary/aromatic N) is 4. The number of ketones is 1. The highest BCUT2D eigenvalue weighted by molar-refractivity contribution is 6.32. The van der Waals surface area contributed by atoms with Crippen molar-refractivity contribution in [2.45, 2.75) is 52.5 Å². The summed E-state index contributed by atoms with van der Waals surface area (Å²) in [4.78, 5) is 36.1. The number of Topliss-reactive ketones (excluding diaryl/α,β-unsaturated/α-hetero) is 1. The molecule has 0 radical (unpaired) electrons. The molecule has 2 aromatic heterocycles. The number of nitrogens with one attached hydrogen (secondary N) is 1. The van der Waals surface area contributed by atoms with E-state index < -0.39 is 0 Å². The summed E-state index contributed by atoms with van der Waals surface area (Å²) in [5.74, 6) is 1.32. The number of halogens is 1. The number of rotatable bonds is 8. The highest BCUT2D eigenvalue weighted by atomic mass is 35.5. The van der Waals surface area contributed by atoms with E-state index >= 15 is 0 Å². The van der Waals surface area contributed by atoms with E-state index in [1.165, 1.54) is 19.3 Å². The maximum atomic E-state index is 13.0. The van der Waals surface area contributed by atoms with Crippen LogP contribution in [0.2, 0.25) is 5.02 Å². The average Bonchev–Trinajstić information content (AvgIpc) is 2.77. The van der Waals surface area contributed by atoms with E-state index in [2.05, 4.69) is 20.2 Å². The predicted octanol–water partition coefficient (Wildman–Crippen LogP) is 5.12. The molecule has 3 aromatic rings. The Labute approximate surface area is 209 Å². The monoisotopic (exact) mass is 495 g/mol. The average molecular weight is 496 g/mol. The van der Waals surface area contributed by atoms with Gasteiger partial charge in [0, 0.05) is 42.0 Å². The number of ether oxygens (including phenoxy) is 1. The van der Waals surface area contributed by atoms with Gasteiger partial charge in [0.15, 0.2) is 17.4 Å². The molecule has 2 aliphatic rings. The summed E-state index contributed by atoms with van der Waals surface area (Å²) in [5, 5.41) is 4.55. The largest absolute Gasteiger partial charge is 0.480 e. The molecule has 1 aliphatic heterocycles. The van der Waals surface area contributed by atoms with Gasteiger partial charge in [-0.1, -0.05) is 24.9 Å². The highest BCUT2D eigenvalue weighted by Gasteiger charge is 2.48. The zero-order valence-corrected chi connectivity index (χ0v) is 21.1. The summed E-state index contributed by atoms with van der Waals surface area (Å²) in [6.45, 7) is 7.54. The smallest absolute Gasteiger partial charge is 0.293 e. The molecule has 2 fully saturated rings. The van der Waals surface area contributed by atoms with Crippen molar-refractivity contribution >= 4 is 45.7 Å². The number of hydrogen-bond donors (Lipinski definition) is 1. The third kappa shape index (κ3) is 4.47. The molecule has 1 aromatic carbocycles. The molecule has 5 rings (SSSR count). The quantitative estimate of drug-likeness (QED) is 0.464. The lowest BCUT2D eigenvalue weighted by molar-refractivity contribution is -0.120. The lowest BCUT2D eigenvalue weighted by Gasteiger charge is -2.55. The van der Waals surface area contributed by atoms with Crippen LogP contribution in [0.25, 0.3) is 10.9 Å². The summed E-state index contributed by atoms with van der Waals surface area (Å²) in [6, 6.07) is 7.32. The molecule has 0 atom stereocenters. The SMILES string of the molecule is CCC(=O)COc1cc2cc(Nc3nc(N4CC5(CCC5)C4)ncc3Cl)ccc2n(C(C)C)c1=O. The van der Waals surface area contributed by atoms with E-state index in [4.69, 9.17) is 16.3 Å². The second-order valence-electron chi connectivity index (χ2n) is 9.93. The number of hydrogen-bond acceptors (Lipinski definition) is 7. The Hall–Kier alpha value is -3.13. The minimum absolute atomic E-state index is 0.0596. The fraction of sp³-hybridized carbons (Fsp3) is 0.462. The number of fused-ring (bicyclic) bond motifs is 1. The van der Waals surface area contributed by atoms with Gasteiger partial charge in [0.2, 0.25) is 5.95 Å². The van der Waals surface area contributed by atoms with Crippen molar-refractivity contribution in [1.82, 2.24) is 14.5 Å². The zero-order chi connectivity index (χ0) is 24.7. The Balaban J connectivity index is 1.44. The lowest BCUT2D eigenvalue weighted by Crippen LogP contribution is -2.60. The van der Waals surface area contributed by atoms with Crippen molar-refractivity contribution in [1.29, 1.82) is 0 Å². The minimum atomic E-state index is -0.251. The number of benzene rings is 1. The summed E-state index contributed by atoms with van der Waals surface area (Å²) < 4.78 is 7.29. The molecule has 1 saturated heterocycles. The van der Waals surface area contributed by atoms with Crippen molar-refractivity contribution in [2.75, 3.05) is 29.9 Å². The van der Waals surface area contributed by atoms with E-state index in [1.807, 2.05) is 32.0 Å². The van der Waals surface area contributed by atoms with Gasteiger partial charge >= 0.3 is 0 Å². The van der Waals surface area contributed by atoms with Gasteiger partial charge in [-0.05, 0) is 51.0 Å². The molecule has 0 bridgehead atoms. The maximum absolute atomic E-state index is 13.0. The number of carbonyl (C=O) groups is 1. The number of aromatic nitrogens is 3. The van der Waals surface area contributed by atoms with Gasteiger partial charge in [-0.3, -0.25) is 9.59 Å². The molecule has 3 heterocycles. The van der Waals surface area contributed by atoms with Gasteiger partial charge in [0.25, 0.3) is 5.56 Å². The fourth-order valence-corrected chi connectivity index (χ4v) is 5.05. The van der Waals surface area contributed by atoms with Gasteiger partial charge in [-0.2, -0.15) is 4.98 Å². The van der Waals surface area contributed by atoms with Gasteiger partial charge in [-0.25, -0.2) is 4.98 Å². The molecular formula is C26H30ClN5O3. The first-order valence-electron chi connectivity index (χ1n) is 12.2. The van der Waals surface area contributed by atoms with Crippen LogP contribution >= 0.6 is 11.6 Å². The molecule has 1 saturated carbocycles. The molecule has 0 unspecified atom stereocenters. The molecule has 184 valence electrons. The van der Waals surface area contributed by atoms with Crippen molar-refractivity contribution in [3.63, 3.8) is 0 Å². The van der Waals surface area contributed by atoms with E-state index in [0.717, 1.165) is 29.7 Å². The van der Waals surface area contributed by atoms with Crippen molar-refractivity contribution in [3.05, 3.63) is 45.8 Å². The zero-order valence-electron chi connectivity index (χ0n) is 20.3. The molecule has 1 spiro atoms. The number of carbonyl (C=O) groups excluding carboxylic acids is 1. The first-order valence-corrected chi connectivity index (χ1v) is 12.5. The Morgan fingerprint density at radius 3 is 2.69 bits per heavy atom. The Morgan fingerprint density at radius 2 is 2.03 bits per heavy atom. The summed E-state index contributed by atoms with van der Waals surface area (Å²) in [7, 11) is 0. The number of anilines is 3. The van der Waals surface area contributed by atoms with Crippen LogP contribution in [0.1, 0.15) is 52.5 Å². The van der Waals surface area contributed by atoms with Crippen LogP contribution in [0.5, 0.6) is 5.75 Å². The maximum Gasteiger partial charge on any atom is 0.293 e. The van der Waals surface area contributed by atoms with E-state index in [9.17, 15) is 9.59 Å². The van der Waals surface area contributed by atoms with Gasteiger partial charge in [-0.15, -0.1) is 0 Å². The molecule has 1 N–H and O–H groups in total. The second-order valence-corrected chi connectivity index (χ2v) is 10.3. The Bertz CT molecular complexity index is 1340. The third-order valence-corrected chi connectivity index (χ3v) is 7.32. The van der Waals surface area contributed by atoms with Crippen LogP contribution in [0.3, 0.4) is 0 Å². The normalized spacial score (nSPS) is 16.3. The molecule has 0 amide bonds. The topological polar surface area (TPSA) is 89.3 Å². The van der Waals surface area contributed by atoms with Gasteiger partial charge in [0.1, 0.15) is 11.6 Å². The lowest BCUT2D eigenvalue weighted by atomic mass is 9.64. The van der Waals surface area contributed by atoms with E-state index in [-0.39, 0.29) is 29.7 Å². The Morgan fingerprint density at radius 1 is 1.26 bits per heavy atom. The predicted molar refractivity (Wildman–Crippen MR) is 138 cm³/mol. The molecule has 1 aliphatic carbocycles. The minimum Gasteiger partial charge on any atom is -0.480 e. The summed E-state index contributed by atoms with van der Waals surface area (Å²) >= 11 is 6.42. The van der Waals surface area contributed by atoms with Crippen molar-refractivity contribution in [3.8, 4) is 5.75 Å². The van der Waals surface area contributed by atoms with Gasteiger partial charge < -0.3 is 19.5 Å². The molecule has 9 heteroatoms. The van der Waals surface area contributed by atoms with Crippen molar-refractivity contribution in [2.24, 2.45) is 5.41 Å². The summed E-state index contributed by atoms with van der Waals surface area (Å²) in [5.41, 5.74) is 1.78. The van der Waals surface area contributed by atoms with Crippen LogP contribution in [-0.4, -0.2) is 40.0 Å². The summed E-state index contributed by atoms with van der Waals surface area (Å²) in [6.07, 6.45) is 5.89. The number of pyridine rings is 1. The van der Waals surface area contributed by atoms with Crippen LogP contribution in [0, 0.1) is 5.41 Å². The molecule has 35 heavy (non-hydrogen) atoms. The second kappa shape index (κ2) is 9.15. The standard InChI is InChI=1S/C26H30ClN5O3/c1-4-19(33)13-35-22-11-17-10-18(6-7-21(17)32(16(2)3)24(22)34)29-23-20(27)12-28-25(30-23)31-14-26(15-31)8-5-9-26/h6-7,10-12,16H,4-5,8-9,13-15H2,1-3H3,(H,28,29,30). The van der Waals surface area contributed by atoms with Crippen LogP contribution in [0.15, 0.2) is 35.3 Å². The first kappa shape index (κ1) is 23.6. The van der Waals surface area contributed by atoms with Crippen LogP contribution in [-0.2, 0) is 4.79 Å². The van der Waals surface area contributed by atoms with E-state index in [0.29, 0.717) is 28.6 Å².